The maximum absolute atomic E-state index is 13.4. The number of likely N-dealkylation sites (N-methyl/N-ethyl adjacent to an activating group) is 1. The molecule has 1 aliphatic rings. The van der Waals surface area contributed by atoms with E-state index in [1.165, 1.54) is 13.2 Å². The molecule has 0 radical (unpaired) electrons. The molecule has 0 saturated carbocycles. The van der Waals surface area contributed by atoms with Crippen molar-refractivity contribution in [2.45, 2.75) is 25.7 Å². The van der Waals surface area contributed by atoms with Crippen LogP contribution in [0, 0.1) is 12.1 Å². The van der Waals surface area contributed by atoms with Crippen molar-refractivity contribution in [3.63, 3.8) is 0 Å². The number of quaternary nitrogens is 1. The lowest BCUT2D eigenvalue weighted by molar-refractivity contribution is -0.143. The number of hydroxylamine groups is 2. The van der Waals surface area contributed by atoms with Gasteiger partial charge in [-0.3, -0.25) is 4.79 Å². The van der Waals surface area contributed by atoms with Crippen LogP contribution in [0.2, 0.25) is 0 Å². The number of benzene rings is 2. The molecule has 0 atom stereocenters. The monoisotopic (exact) mass is 553 g/mol. The molecule has 1 fully saturated rings. The number of halogens is 6. The van der Waals surface area contributed by atoms with Gasteiger partial charge in [0.25, 0.3) is 0 Å². The Labute approximate surface area is 220 Å². The third-order valence-corrected chi connectivity index (χ3v) is 6.65. The fourth-order valence-electron chi connectivity index (χ4n) is 4.43. The fourth-order valence-corrected chi connectivity index (χ4v) is 4.43. The molecule has 0 spiro atoms. The van der Waals surface area contributed by atoms with Crippen molar-refractivity contribution in [3.05, 3.63) is 82.2 Å². The number of aromatic nitrogens is 1. The highest BCUT2D eigenvalue weighted by molar-refractivity contribution is 5.98. The number of pyridine rings is 1. The Morgan fingerprint density at radius 3 is 2.13 bits per heavy atom. The average Bonchev–Trinajstić information content (AvgIpc) is 2.87. The molecule has 6 nitrogen and oxygen atoms in total. The van der Waals surface area contributed by atoms with Gasteiger partial charge in [-0.2, -0.15) is 26.3 Å². The molecule has 1 saturated heterocycles. The van der Waals surface area contributed by atoms with Crippen LogP contribution in [0.3, 0.4) is 0 Å². The molecule has 4 rings (SSSR count). The first-order valence-corrected chi connectivity index (χ1v) is 12.0. The smallest absolute Gasteiger partial charge is 0.416 e. The predicted molar refractivity (Wildman–Crippen MR) is 134 cm³/mol. The van der Waals surface area contributed by atoms with Crippen LogP contribution in [-0.2, 0) is 28.3 Å². The number of anilines is 1. The molecular weight excluding hydrogens is 528 g/mol. The van der Waals surface area contributed by atoms with E-state index in [-0.39, 0.29) is 43.9 Å². The number of morpholine rings is 1. The van der Waals surface area contributed by atoms with Crippen LogP contribution >= 0.6 is 0 Å². The van der Waals surface area contributed by atoms with Gasteiger partial charge in [-0.15, -0.1) is 0 Å². The molecule has 1 aliphatic heterocycles. The summed E-state index contributed by atoms with van der Waals surface area (Å²) in [5.41, 5.74) is -1.19. The minimum Gasteiger partial charge on any atom is -0.626 e. The Hall–Kier alpha value is -3.48. The van der Waals surface area contributed by atoms with E-state index in [0.29, 0.717) is 23.3 Å². The Balaban J connectivity index is 1.74. The Morgan fingerprint density at radius 1 is 0.974 bits per heavy atom. The number of rotatable bonds is 5. The molecular formula is C27H25F6N3O3. The van der Waals surface area contributed by atoms with Gasteiger partial charge in [0, 0.05) is 18.7 Å². The highest BCUT2D eigenvalue weighted by atomic mass is 19.4. The normalized spacial score (nSPS) is 15.7. The minimum absolute atomic E-state index is 0.0178. The Bertz CT molecular complexity index is 1340. The number of amides is 1. The molecule has 0 N–H and O–H groups in total. The van der Waals surface area contributed by atoms with E-state index >= 15 is 0 Å². The quantitative estimate of drug-likeness (QED) is 0.217. The topological polar surface area (TPSA) is 65.5 Å². The van der Waals surface area contributed by atoms with E-state index in [0.717, 1.165) is 10.5 Å². The summed E-state index contributed by atoms with van der Waals surface area (Å²) in [4.78, 5) is 18.6. The lowest BCUT2D eigenvalue weighted by atomic mass is 9.98. The summed E-state index contributed by atoms with van der Waals surface area (Å²) in [7, 11) is 1.36. The molecule has 39 heavy (non-hydrogen) atoms. The summed E-state index contributed by atoms with van der Waals surface area (Å²) in [6.45, 7) is 2.62. The molecule has 0 aliphatic carbocycles. The first kappa shape index (κ1) is 28.5. The molecule has 2 aromatic carbocycles. The van der Waals surface area contributed by atoms with Gasteiger partial charge in [-0.1, -0.05) is 24.3 Å². The number of alkyl halides is 6. The number of carbonyl (C=O) groups excluding carboxylic acids is 1. The summed E-state index contributed by atoms with van der Waals surface area (Å²) in [6, 6.07) is 9.86. The maximum atomic E-state index is 13.4. The summed E-state index contributed by atoms with van der Waals surface area (Å²) in [6.07, 6.45) is -9.45. The SMILES string of the molecule is Cc1ccccc1-c1cc([N+]2([O-])CCOCC2)ncc1N(C)C(=O)Cc1cc(C(F)(F)F)cc(C(F)(F)F)c1. The fraction of sp³-hybridized carbons (Fsp3) is 0.333. The van der Waals surface area contributed by atoms with Crippen LogP contribution < -0.4 is 9.55 Å². The Kier molecular flexibility index (Phi) is 7.75. The van der Waals surface area contributed by atoms with E-state index in [2.05, 4.69) is 4.98 Å². The molecule has 1 amide bonds. The van der Waals surface area contributed by atoms with Gasteiger partial charge in [0.1, 0.15) is 13.1 Å². The second-order valence-corrected chi connectivity index (χ2v) is 9.37. The lowest BCUT2D eigenvalue weighted by Crippen LogP contribution is -2.52. The lowest BCUT2D eigenvalue weighted by Gasteiger charge is -2.43. The summed E-state index contributed by atoms with van der Waals surface area (Å²) in [5.74, 6) is -0.557. The highest BCUT2D eigenvalue weighted by Gasteiger charge is 2.37. The molecule has 0 unspecified atom stereocenters. The molecule has 3 aromatic rings. The zero-order valence-electron chi connectivity index (χ0n) is 21.1. The van der Waals surface area contributed by atoms with E-state index < -0.39 is 46.0 Å². The van der Waals surface area contributed by atoms with Gasteiger partial charge in [0.15, 0.2) is 0 Å². The van der Waals surface area contributed by atoms with E-state index in [9.17, 15) is 36.3 Å². The predicted octanol–water partition coefficient (Wildman–Crippen LogP) is 6.14. The Morgan fingerprint density at radius 2 is 1.56 bits per heavy atom. The summed E-state index contributed by atoms with van der Waals surface area (Å²) < 4.78 is 84.3. The van der Waals surface area contributed by atoms with Gasteiger partial charge in [-0.05, 0) is 41.8 Å². The second kappa shape index (κ2) is 10.6. The minimum atomic E-state index is -5.03. The standard InChI is InChI=1S/C27H25F6N3O3/c1-17-5-3-4-6-21(17)22-15-24(36(38)7-9-39-10-8-36)34-16-23(22)35(2)25(37)13-18-11-19(26(28,29)30)14-20(12-18)27(31,32)33/h3-6,11-12,14-16H,7-10,13H2,1-2H3. The molecule has 12 heteroatoms. The van der Waals surface area contributed by atoms with Gasteiger partial charge < -0.3 is 19.5 Å². The van der Waals surface area contributed by atoms with Crippen LogP contribution in [0.25, 0.3) is 11.1 Å². The first-order valence-electron chi connectivity index (χ1n) is 12.0. The molecule has 0 bridgehead atoms. The number of hydrogen-bond donors (Lipinski definition) is 0. The molecule has 1 aromatic heterocycles. The number of nitrogens with zero attached hydrogens (tertiary/aromatic N) is 3. The van der Waals surface area contributed by atoms with E-state index in [4.69, 9.17) is 4.74 Å². The van der Waals surface area contributed by atoms with Gasteiger partial charge in [0.05, 0.1) is 42.6 Å². The van der Waals surface area contributed by atoms with Crippen LogP contribution in [0.5, 0.6) is 0 Å². The zero-order valence-corrected chi connectivity index (χ0v) is 21.1. The highest BCUT2D eigenvalue weighted by Crippen LogP contribution is 2.38. The number of ether oxygens (including phenoxy) is 1. The van der Waals surface area contributed by atoms with Crippen molar-refractivity contribution in [3.8, 4) is 11.1 Å². The maximum Gasteiger partial charge on any atom is 0.416 e. The zero-order chi connectivity index (χ0) is 28.6. The van der Waals surface area contributed by atoms with Crippen molar-refractivity contribution in [1.82, 2.24) is 9.63 Å². The van der Waals surface area contributed by atoms with Crippen molar-refractivity contribution < 1.29 is 35.9 Å². The van der Waals surface area contributed by atoms with Crippen molar-refractivity contribution in [2.75, 3.05) is 38.3 Å². The molecule has 2 heterocycles. The first-order chi connectivity index (χ1) is 18.2. The van der Waals surface area contributed by atoms with Gasteiger partial charge in [-0.25, -0.2) is 4.98 Å². The van der Waals surface area contributed by atoms with E-state index in [1.807, 2.05) is 19.1 Å². The van der Waals surface area contributed by atoms with Gasteiger partial charge >= 0.3 is 12.4 Å². The van der Waals surface area contributed by atoms with Crippen LogP contribution in [0.15, 0.2) is 54.7 Å². The van der Waals surface area contributed by atoms with Crippen molar-refractivity contribution >= 4 is 17.4 Å². The summed E-state index contributed by atoms with van der Waals surface area (Å²) >= 11 is 0. The summed E-state index contributed by atoms with van der Waals surface area (Å²) in [5, 5.41) is 13.4. The third kappa shape index (κ3) is 6.23. The third-order valence-electron chi connectivity index (χ3n) is 6.65. The van der Waals surface area contributed by atoms with Crippen LogP contribution in [-0.4, -0.2) is 44.2 Å². The van der Waals surface area contributed by atoms with E-state index in [1.54, 1.807) is 18.2 Å². The van der Waals surface area contributed by atoms with Gasteiger partial charge in [0.2, 0.25) is 11.7 Å². The second-order valence-electron chi connectivity index (χ2n) is 9.37. The largest absolute Gasteiger partial charge is 0.626 e. The number of aryl methyl sites for hydroxylation is 1. The van der Waals surface area contributed by atoms with Crippen molar-refractivity contribution in [2.24, 2.45) is 0 Å². The van der Waals surface area contributed by atoms with Crippen LogP contribution in [0.4, 0.5) is 37.8 Å². The van der Waals surface area contributed by atoms with Crippen molar-refractivity contribution in [1.29, 1.82) is 0 Å². The van der Waals surface area contributed by atoms with Crippen LogP contribution in [0.1, 0.15) is 22.3 Å². The molecule has 208 valence electrons. The number of carbonyl (C=O) groups is 1. The number of hydrogen-bond acceptors (Lipinski definition) is 4. The average molecular weight is 554 g/mol.